The molecule has 2 bridgehead atoms. The molecule has 168 valence electrons. The number of halogens is 2. The van der Waals surface area contributed by atoms with Crippen molar-refractivity contribution in [2.45, 2.75) is 43.8 Å². The van der Waals surface area contributed by atoms with Crippen LogP contribution < -0.4 is 9.47 Å². The van der Waals surface area contributed by atoms with E-state index in [4.69, 9.17) is 32.7 Å². The Morgan fingerprint density at radius 1 is 1.09 bits per heavy atom. The van der Waals surface area contributed by atoms with Gasteiger partial charge in [-0.25, -0.2) is 0 Å². The third-order valence-electron chi connectivity index (χ3n) is 6.91. The average molecular weight is 475 g/mol. The van der Waals surface area contributed by atoms with Gasteiger partial charge in [-0.2, -0.15) is 0 Å². The SMILES string of the molecule is COc1cc2c(c(OC)c1)C1[C@@H]3CCCC(C(=O)N1CC2)N3C(=O)c1ccc(Cl)cc1Cl. The normalized spacial score (nSPS) is 24.0. The number of hydrogen-bond donors (Lipinski definition) is 0. The van der Waals surface area contributed by atoms with Crippen molar-refractivity contribution in [1.29, 1.82) is 0 Å². The van der Waals surface area contributed by atoms with E-state index in [1.54, 1.807) is 37.3 Å². The maximum absolute atomic E-state index is 13.7. The first-order valence-electron chi connectivity index (χ1n) is 10.8. The van der Waals surface area contributed by atoms with Crippen LogP contribution in [0.15, 0.2) is 30.3 Å². The van der Waals surface area contributed by atoms with Crippen molar-refractivity contribution >= 4 is 35.0 Å². The average Bonchev–Trinajstić information content (AvgIpc) is 2.80. The molecular formula is C24H24Cl2N2O4. The molecule has 3 aliphatic heterocycles. The molecule has 5 rings (SSSR count). The van der Waals surface area contributed by atoms with Crippen LogP contribution in [0.4, 0.5) is 0 Å². The molecule has 2 aromatic rings. The summed E-state index contributed by atoms with van der Waals surface area (Å²) in [7, 11) is 3.25. The van der Waals surface area contributed by atoms with Crippen LogP contribution in [-0.4, -0.2) is 54.5 Å². The molecule has 0 N–H and O–H groups in total. The lowest BCUT2D eigenvalue weighted by molar-refractivity contribution is -0.153. The second kappa shape index (κ2) is 8.16. The number of benzene rings is 2. The zero-order valence-electron chi connectivity index (χ0n) is 17.9. The van der Waals surface area contributed by atoms with Crippen LogP contribution >= 0.6 is 23.2 Å². The van der Waals surface area contributed by atoms with Gasteiger partial charge in [0.15, 0.2) is 0 Å². The van der Waals surface area contributed by atoms with Crippen LogP contribution in [0.25, 0.3) is 0 Å². The van der Waals surface area contributed by atoms with Gasteiger partial charge in [0, 0.05) is 23.2 Å². The lowest BCUT2D eigenvalue weighted by Crippen LogP contribution is -2.67. The summed E-state index contributed by atoms with van der Waals surface area (Å²) in [5, 5.41) is 0.759. The third kappa shape index (κ3) is 3.23. The van der Waals surface area contributed by atoms with Gasteiger partial charge in [0.2, 0.25) is 5.91 Å². The molecule has 2 fully saturated rings. The Hall–Kier alpha value is -2.44. The number of methoxy groups -OCH3 is 2. The van der Waals surface area contributed by atoms with Gasteiger partial charge < -0.3 is 19.3 Å². The second-order valence-corrected chi connectivity index (χ2v) is 9.32. The van der Waals surface area contributed by atoms with E-state index in [9.17, 15) is 9.59 Å². The van der Waals surface area contributed by atoms with Gasteiger partial charge in [-0.3, -0.25) is 9.59 Å². The fourth-order valence-electron chi connectivity index (χ4n) is 5.54. The molecule has 0 saturated carbocycles. The van der Waals surface area contributed by atoms with E-state index in [1.165, 1.54) is 0 Å². The summed E-state index contributed by atoms with van der Waals surface area (Å²) in [6.45, 7) is 0.615. The highest BCUT2D eigenvalue weighted by Crippen LogP contribution is 2.48. The van der Waals surface area contributed by atoms with E-state index in [1.807, 2.05) is 17.0 Å². The number of nitrogens with zero attached hydrogens (tertiary/aromatic N) is 2. The van der Waals surface area contributed by atoms with E-state index in [2.05, 4.69) is 0 Å². The van der Waals surface area contributed by atoms with Crippen LogP contribution in [0.5, 0.6) is 11.5 Å². The van der Waals surface area contributed by atoms with Crippen molar-refractivity contribution in [3.63, 3.8) is 0 Å². The molecule has 32 heavy (non-hydrogen) atoms. The van der Waals surface area contributed by atoms with Crippen LogP contribution in [0.3, 0.4) is 0 Å². The number of fused-ring (bicyclic) bond motifs is 6. The molecule has 6 nitrogen and oxygen atoms in total. The van der Waals surface area contributed by atoms with E-state index >= 15 is 0 Å². The van der Waals surface area contributed by atoms with Crippen molar-refractivity contribution in [2.24, 2.45) is 0 Å². The number of piperazine rings is 1. The molecule has 0 radical (unpaired) electrons. The summed E-state index contributed by atoms with van der Waals surface area (Å²) in [6.07, 6.45) is 3.07. The Balaban J connectivity index is 1.63. The van der Waals surface area contributed by atoms with Gasteiger partial charge in [-0.1, -0.05) is 23.2 Å². The van der Waals surface area contributed by atoms with Crippen molar-refractivity contribution in [1.82, 2.24) is 9.80 Å². The first-order chi connectivity index (χ1) is 15.4. The van der Waals surface area contributed by atoms with Crippen molar-refractivity contribution in [3.05, 3.63) is 57.1 Å². The highest BCUT2D eigenvalue weighted by Gasteiger charge is 2.53. The summed E-state index contributed by atoms with van der Waals surface area (Å²) in [5.74, 6) is 1.17. The van der Waals surface area contributed by atoms with Crippen molar-refractivity contribution in [2.75, 3.05) is 20.8 Å². The van der Waals surface area contributed by atoms with Gasteiger partial charge in [-0.05, 0) is 55.5 Å². The predicted molar refractivity (Wildman–Crippen MR) is 122 cm³/mol. The monoisotopic (exact) mass is 474 g/mol. The summed E-state index contributed by atoms with van der Waals surface area (Å²) >= 11 is 12.4. The second-order valence-electron chi connectivity index (χ2n) is 8.48. The predicted octanol–water partition coefficient (Wildman–Crippen LogP) is 4.51. The zero-order valence-corrected chi connectivity index (χ0v) is 19.4. The third-order valence-corrected chi connectivity index (χ3v) is 7.46. The van der Waals surface area contributed by atoms with Crippen LogP contribution in [0.2, 0.25) is 10.0 Å². The van der Waals surface area contributed by atoms with Crippen LogP contribution in [0, 0.1) is 0 Å². The molecule has 2 saturated heterocycles. The Kier molecular flexibility index (Phi) is 5.46. The van der Waals surface area contributed by atoms with E-state index in [0.717, 1.165) is 36.1 Å². The van der Waals surface area contributed by atoms with Crippen LogP contribution in [0.1, 0.15) is 46.8 Å². The van der Waals surface area contributed by atoms with Gasteiger partial charge in [0.1, 0.15) is 17.5 Å². The topological polar surface area (TPSA) is 59.1 Å². The smallest absolute Gasteiger partial charge is 0.256 e. The number of hydrogen-bond acceptors (Lipinski definition) is 4. The molecule has 0 aromatic heterocycles. The number of carbonyl (C=O) groups excluding carboxylic acids is 2. The summed E-state index contributed by atoms with van der Waals surface area (Å²) in [4.78, 5) is 31.0. The van der Waals surface area contributed by atoms with E-state index in [-0.39, 0.29) is 23.9 Å². The number of ether oxygens (including phenoxy) is 2. The molecule has 8 heteroatoms. The fourth-order valence-corrected chi connectivity index (χ4v) is 6.03. The number of rotatable bonds is 3. The van der Waals surface area contributed by atoms with E-state index < -0.39 is 6.04 Å². The largest absolute Gasteiger partial charge is 0.497 e. The fraction of sp³-hybridized carbons (Fsp3) is 0.417. The first-order valence-corrected chi connectivity index (χ1v) is 11.5. The van der Waals surface area contributed by atoms with Gasteiger partial charge in [0.25, 0.3) is 5.91 Å². The quantitative estimate of drug-likeness (QED) is 0.656. The summed E-state index contributed by atoms with van der Waals surface area (Å²) in [6, 6.07) is 7.82. The lowest BCUT2D eigenvalue weighted by Gasteiger charge is -2.55. The minimum absolute atomic E-state index is 0.00657. The summed E-state index contributed by atoms with van der Waals surface area (Å²) in [5.41, 5.74) is 2.43. The molecule has 3 heterocycles. The molecular weight excluding hydrogens is 451 g/mol. The van der Waals surface area contributed by atoms with E-state index in [0.29, 0.717) is 34.3 Å². The van der Waals surface area contributed by atoms with Gasteiger partial charge in [-0.15, -0.1) is 0 Å². The van der Waals surface area contributed by atoms with Crippen molar-refractivity contribution < 1.29 is 19.1 Å². The molecule has 0 spiro atoms. The Labute approximate surface area is 197 Å². The highest BCUT2D eigenvalue weighted by atomic mass is 35.5. The number of piperidine rings is 1. The minimum Gasteiger partial charge on any atom is -0.497 e. The highest BCUT2D eigenvalue weighted by molar-refractivity contribution is 6.36. The molecule has 2 aromatic carbocycles. The minimum atomic E-state index is -0.477. The molecule has 2 unspecified atom stereocenters. The maximum Gasteiger partial charge on any atom is 0.256 e. The number of carbonyl (C=O) groups is 2. The molecule has 0 aliphatic carbocycles. The zero-order chi connectivity index (χ0) is 22.6. The Morgan fingerprint density at radius 2 is 1.91 bits per heavy atom. The summed E-state index contributed by atoms with van der Waals surface area (Å²) < 4.78 is 11.2. The Morgan fingerprint density at radius 3 is 2.62 bits per heavy atom. The molecule has 3 atom stereocenters. The first kappa shape index (κ1) is 21.4. The molecule has 2 amide bonds. The maximum atomic E-state index is 13.7. The lowest BCUT2D eigenvalue weighted by atomic mass is 9.78. The van der Waals surface area contributed by atoms with Crippen LogP contribution in [-0.2, 0) is 11.2 Å². The van der Waals surface area contributed by atoms with Crippen molar-refractivity contribution in [3.8, 4) is 11.5 Å². The van der Waals surface area contributed by atoms with Gasteiger partial charge in [0.05, 0.1) is 36.9 Å². The standard InChI is InChI=1S/C24H24Cl2N2O4/c1-31-15-10-13-8-9-27-22(21(13)20(12-15)32-2)18-4-3-5-19(24(27)30)28(18)23(29)16-7-6-14(25)11-17(16)26/h6-7,10-12,18-19,22H,3-5,8-9H2,1-2H3/t18-,19?,22?/m0/s1. The van der Waals surface area contributed by atoms with Gasteiger partial charge >= 0.3 is 0 Å². The number of amides is 2. The molecule has 3 aliphatic rings. The Bertz CT molecular complexity index is 1090.